The number of benzene rings is 3. The highest BCUT2D eigenvalue weighted by atomic mass is 19.1. The molecule has 0 saturated carbocycles. The monoisotopic (exact) mass is 408 g/mol. The first kappa shape index (κ1) is 19.8. The summed E-state index contributed by atoms with van der Waals surface area (Å²) in [6.07, 6.45) is -1.17. The molecule has 4 rings (SSSR count). The zero-order valence-corrected chi connectivity index (χ0v) is 16.3. The van der Waals surface area contributed by atoms with Crippen LogP contribution in [0.25, 0.3) is 10.8 Å². The molecule has 0 bridgehead atoms. The SMILES string of the molecule is C[C@]1(c2cccc3ccccc23)NC(=O)N(C[C@@H](O)COc2ccccc2F)C1=O. The van der Waals surface area contributed by atoms with Crippen molar-refractivity contribution in [2.24, 2.45) is 0 Å². The number of rotatable bonds is 6. The van der Waals surface area contributed by atoms with Crippen LogP contribution in [0.4, 0.5) is 9.18 Å². The second kappa shape index (κ2) is 7.76. The summed E-state index contributed by atoms with van der Waals surface area (Å²) >= 11 is 0. The first-order chi connectivity index (χ1) is 14.4. The maximum Gasteiger partial charge on any atom is 0.325 e. The lowest BCUT2D eigenvalue weighted by atomic mass is 9.88. The Kier molecular flexibility index (Phi) is 5.13. The van der Waals surface area contributed by atoms with E-state index in [4.69, 9.17) is 4.74 Å². The van der Waals surface area contributed by atoms with Crippen molar-refractivity contribution in [1.29, 1.82) is 0 Å². The summed E-state index contributed by atoms with van der Waals surface area (Å²) in [6.45, 7) is 1.12. The third kappa shape index (κ3) is 3.48. The summed E-state index contributed by atoms with van der Waals surface area (Å²) in [5.74, 6) is -1.02. The number of hydrogen-bond acceptors (Lipinski definition) is 4. The van der Waals surface area contributed by atoms with E-state index in [1.165, 1.54) is 18.2 Å². The van der Waals surface area contributed by atoms with Crippen LogP contribution in [-0.4, -0.2) is 41.2 Å². The van der Waals surface area contributed by atoms with E-state index in [0.29, 0.717) is 5.56 Å². The number of urea groups is 1. The molecule has 2 atom stereocenters. The average Bonchev–Trinajstić information content (AvgIpc) is 2.96. The van der Waals surface area contributed by atoms with Gasteiger partial charge in [-0.15, -0.1) is 0 Å². The van der Waals surface area contributed by atoms with Crippen LogP contribution in [0.3, 0.4) is 0 Å². The van der Waals surface area contributed by atoms with Crippen LogP contribution in [0.1, 0.15) is 12.5 Å². The lowest BCUT2D eigenvalue weighted by molar-refractivity contribution is -0.132. The van der Waals surface area contributed by atoms with Gasteiger partial charge in [-0.3, -0.25) is 9.69 Å². The second-order valence-electron chi connectivity index (χ2n) is 7.39. The Morgan fingerprint density at radius 1 is 1.07 bits per heavy atom. The smallest absolute Gasteiger partial charge is 0.325 e. The van der Waals surface area contributed by atoms with E-state index in [0.717, 1.165) is 15.7 Å². The van der Waals surface area contributed by atoms with Crippen molar-refractivity contribution >= 4 is 22.7 Å². The molecule has 3 amide bonds. The normalized spacial score (nSPS) is 19.8. The highest BCUT2D eigenvalue weighted by Gasteiger charge is 2.49. The number of aliphatic hydroxyl groups excluding tert-OH is 1. The molecule has 3 aromatic rings. The largest absolute Gasteiger partial charge is 0.488 e. The van der Waals surface area contributed by atoms with Gasteiger partial charge in [-0.1, -0.05) is 54.6 Å². The van der Waals surface area contributed by atoms with Crippen molar-refractivity contribution < 1.29 is 23.8 Å². The molecule has 1 fully saturated rings. The number of β-amino-alcohol motifs (C(OH)–C–C–N with tert-alkyl or cyclic N) is 1. The van der Waals surface area contributed by atoms with Crippen molar-refractivity contribution in [3.63, 3.8) is 0 Å². The predicted octanol–water partition coefficient (Wildman–Crippen LogP) is 3.19. The van der Waals surface area contributed by atoms with Crippen molar-refractivity contribution in [1.82, 2.24) is 10.2 Å². The molecule has 6 nitrogen and oxygen atoms in total. The minimum absolute atomic E-state index is 0.00524. The number of fused-ring (bicyclic) bond motifs is 1. The molecular weight excluding hydrogens is 387 g/mol. The number of hydrogen-bond donors (Lipinski definition) is 2. The third-order valence-electron chi connectivity index (χ3n) is 5.26. The summed E-state index contributed by atoms with van der Waals surface area (Å²) in [5.41, 5.74) is -0.581. The molecule has 0 unspecified atom stereocenters. The number of amides is 3. The fourth-order valence-electron chi connectivity index (χ4n) is 3.72. The Morgan fingerprint density at radius 3 is 2.57 bits per heavy atom. The van der Waals surface area contributed by atoms with Gasteiger partial charge in [0, 0.05) is 0 Å². The fourth-order valence-corrected chi connectivity index (χ4v) is 3.72. The van der Waals surface area contributed by atoms with Gasteiger partial charge in [0.15, 0.2) is 11.6 Å². The number of carbonyl (C=O) groups is 2. The van der Waals surface area contributed by atoms with Gasteiger partial charge in [0.1, 0.15) is 18.2 Å². The lowest BCUT2D eigenvalue weighted by Gasteiger charge is -2.24. The Morgan fingerprint density at radius 2 is 1.77 bits per heavy atom. The highest BCUT2D eigenvalue weighted by molar-refractivity contribution is 6.09. The van der Waals surface area contributed by atoms with E-state index in [1.54, 1.807) is 13.0 Å². The first-order valence-corrected chi connectivity index (χ1v) is 9.58. The molecular formula is C23H21FN2O4. The van der Waals surface area contributed by atoms with Crippen LogP contribution in [0.15, 0.2) is 66.7 Å². The molecule has 1 aliphatic heterocycles. The maximum absolute atomic E-state index is 13.7. The summed E-state index contributed by atoms with van der Waals surface area (Å²) in [6, 6.07) is 18.4. The summed E-state index contributed by atoms with van der Waals surface area (Å²) in [4.78, 5) is 26.7. The quantitative estimate of drug-likeness (QED) is 0.614. The van der Waals surface area contributed by atoms with E-state index in [2.05, 4.69) is 5.32 Å². The van der Waals surface area contributed by atoms with E-state index in [1.807, 2.05) is 42.5 Å². The minimum atomic E-state index is -1.26. The summed E-state index contributed by atoms with van der Waals surface area (Å²) in [5, 5.41) is 14.9. The Labute approximate surface area is 172 Å². The van der Waals surface area contributed by atoms with Gasteiger partial charge in [0.25, 0.3) is 5.91 Å². The Hall–Kier alpha value is -3.45. The average molecular weight is 408 g/mol. The predicted molar refractivity (Wildman–Crippen MR) is 109 cm³/mol. The van der Waals surface area contributed by atoms with Gasteiger partial charge in [-0.2, -0.15) is 0 Å². The van der Waals surface area contributed by atoms with E-state index in [9.17, 15) is 19.1 Å². The zero-order valence-electron chi connectivity index (χ0n) is 16.3. The zero-order chi connectivity index (χ0) is 21.3. The van der Waals surface area contributed by atoms with Crippen LogP contribution < -0.4 is 10.1 Å². The standard InChI is InChI=1S/C23H21FN2O4/c1-23(18-10-6-8-15-7-2-3-9-17(15)18)21(28)26(22(29)25-23)13-16(27)14-30-20-12-5-4-11-19(20)24/h2-12,16,27H,13-14H2,1H3,(H,25,29)/t16-,23-/m1/s1. The van der Waals surface area contributed by atoms with E-state index >= 15 is 0 Å². The van der Waals surface area contributed by atoms with Gasteiger partial charge in [-0.25, -0.2) is 9.18 Å². The molecule has 1 saturated heterocycles. The topological polar surface area (TPSA) is 78.9 Å². The molecule has 3 aromatic carbocycles. The van der Waals surface area contributed by atoms with Gasteiger partial charge in [0.2, 0.25) is 0 Å². The molecule has 0 aliphatic carbocycles. The summed E-state index contributed by atoms with van der Waals surface area (Å²) < 4.78 is 18.9. The molecule has 7 heteroatoms. The molecule has 30 heavy (non-hydrogen) atoms. The van der Waals surface area contributed by atoms with Crippen molar-refractivity contribution in [3.8, 4) is 5.75 Å². The van der Waals surface area contributed by atoms with Gasteiger partial charge in [0.05, 0.1) is 6.54 Å². The maximum atomic E-state index is 13.7. The molecule has 2 N–H and O–H groups in total. The van der Waals surface area contributed by atoms with E-state index < -0.39 is 29.4 Å². The van der Waals surface area contributed by atoms with Gasteiger partial charge < -0.3 is 15.2 Å². The lowest BCUT2D eigenvalue weighted by Crippen LogP contribution is -2.43. The number of carbonyl (C=O) groups excluding carboxylic acids is 2. The first-order valence-electron chi connectivity index (χ1n) is 9.58. The number of para-hydroxylation sites is 1. The molecule has 154 valence electrons. The Bertz CT molecular complexity index is 1110. The van der Waals surface area contributed by atoms with Crippen LogP contribution in [0.2, 0.25) is 0 Å². The van der Waals surface area contributed by atoms with Crippen LogP contribution in [0.5, 0.6) is 5.75 Å². The molecule has 0 radical (unpaired) electrons. The van der Waals surface area contributed by atoms with E-state index in [-0.39, 0.29) is 18.9 Å². The molecule has 0 spiro atoms. The van der Waals surface area contributed by atoms with Crippen LogP contribution in [-0.2, 0) is 10.3 Å². The molecule has 1 aliphatic rings. The second-order valence-corrected chi connectivity index (χ2v) is 7.39. The summed E-state index contributed by atoms with van der Waals surface area (Å²) in [7, 11) is 0. The number of ether oxygens (including phenoxy) is 1. The number of imide groups is 1. The van der Waals surface area contributed by atoms with Gasteiger partial charge in [-0.05, 0) is 35.4 Å². The van der Waals surface area contributed by atoms with Crippen LogP contribution >= 0.6 is 0 Å². The van der Waals surface area contributed by atoms with Gasteiger partial charge >= 0.3 is 6.03 Å². The Balaban J connectivity index is 1.51. The highest BCUT2D eigenvalue weighted by Crippen LogP contribution is 2.33. The minimum Gasteiger partial charge on any atom is -0.488 e. The fraction of sp³-hybridized carbons (Fsp3) is 0.217. The number of nitrogens with one attached hydrogen (secondary N) is 1. The van der Waals surface area contributed by atoms with Crippen LogP contribution in [0, 0.1) is 5.82 Å². The van der Waals surface area contributed by atoms with Crippen molar-refractivity contribution in [2.75, 3.05) is 13.2 Å². The molecule has 1 heterocycles. The number of nitrogens with zero attached hydrogens (tertiary/aromatic N) is 1. The number of halogens is 1. The van der Waals surface area contributed by atoms with Crippen molar-refractivity contribution in [2.45, 2.75) is 18.6 Å². The third-order valence-corrected chi connectivity index (χ3v) is 5.26. The molecule has 0 aromatic heterocycles. The van der Waals surface area contributed by atoms with Crippen molar-refractivity contribution in [3.05, 3.63) is 78.1 Å². The number of aliphatic hydroxyl groups is 1.